The van der Waals surface area contributed by atoms with E-state index in [4.69, 9.17) is 15.2 Å². The lowest BCUT2D eigenvalue weighted by Crippen LogP contribution is -2.16. The molecule has 2 aromatic carbocycles. The average Bonchev–Trinajstić information content (AvgIpc) is 2.66. The molecule has 2 aromatic rings. The number of amides is 2. The van der Waals surface area contributed by atoms with Gasteiger partial charge in [-0.25, -0.2) is 0 Å². The van der Waals surface area contributed by atoms with Gasteiger partial charge in [-0.3, -0.25) is 9.59 Å². The van der Waals surface area contributed by atoms with Crippen LogP contribution in [0.15, 0.2) is 61.2 Å². The second-order valence-corrected chi connectivity index (χ2v) is 5.63. The summed E-state index contributed by atoms with van der Waals surface area (Å²) in [7, 11) is 1.55. The summed E-state index contributed by atoms with van der Waals surface area (Å²) in [6.07, 6.45) is 4.77. The fraction of sp³-hybridized carbons (Fsp3) is 0.143. The summed E-state index contributed by atoms with van der Waals surface area (Å²) in [4.78, 5) is 23.3. The lowest BCUT2D eigenvalue weighted by atomic mass is 10.1. The van der Waals surface area contributed by atoms with Gasteiger partial charge in [0.15, 0.2) is 11.5 Å². The number of hydrogen-bond acceptors (Lipinski definition) is 4. The van der Waals surface area contributed by atoms with Crippen LogP contribution in [-0.2, 0) is 16.0 Å². The van der Waals surface area contributed by atoms with Crippen LogP contribution in [0.1, 0.15) is 11.1 Å². The van der Waals surface area contributed by atoms with Gasteiger partial charge in [-0.1, -0.05) is 36.9 Å². The number of nitrogens with one attached hydrogen (secondary N) is 1. The Hall–Kier alpha value is -3.54. The molecule has 0 radical (unpaired) electrons. The van der Waals surface area contributed by atoms with Crippen molar-refractivity contribution in [1.29, 1.82) is 0 Å². The van der Waals surface area contributed by atoms with E-state index in [2.05, 4.69) is 11.9 Å². The third-order valence-corrected chi connectivity index (χ3v) is 3.61. The molecule has 0 heterocycles. The summed E-state index contributed by atoms with van der Waals surface area (Å²) < 4.78 is 10.8. The normalized spacial score (nSPS) is 10.4. The van der Waals surface area contributed by atoms with Gasteiger partial charge in [0.1, 0.15) is 6.61 Å². The van der Waals surface area contributed by atoms with Crippen molar-refractivity contribution in [3.8, 4) is 11.5 Å². The second-order valence-electron chi connectivity index (χ2n) is 5.63. The van der Waals surface area contributed by atoms with Crippen LogP contribution in [0, 0.1) is 0 Å². The third-order valence-electron chi connectivity index (χ3n) is 3.61. The number of hydrogen-bond donors (Lipinski definition) is 2. The van der Waals surface area contributed by atoms with Crippen LogP contribution in [-0.4, -0.2) is 25.5 Å². The Morgan fingerprint density at radius 1 is 1.19 bits per heavy atom. The predicted octanol–water partition coefficient (Wildman–Crippen LogP) is 2.94. The molecule has 3 N–H and O–H groups in total. The molecule has 2 amide bonds. The van der Waals surface area contributed by atoms with E-state index in [-0.39, 0.29) is 12.3 Å². The van der Waals surface area contributed by atoms with E-state index in [9.17, 15) is 9.59 Å². The lowest BCUT2D eigenvalue weighted by Gasteiger charge is -2.10. The van der Waals surface area contributed by atoms with E-state index < -0.39 is 5.91 Å². The Kier molecular flexibility index (Phi) is 7.19. The molecule has 27 heavy (non-hydrogen) atoms. The minimum absolute atomic E-state index is 0.0591. The molecule has 0 fully saturated rings. The number of para-hydroxylation sites is 1. The molecule has 0 saturated heterocycles. The summed E-state index contributed by atoms with van der Waals surface area (Å²) in [6, 6.07) is 12.4. The topological polar surface area (TPSA) is 90.6 Å². The van der Waals surface area contributed by atoms with Crippen molar-refractivity contribution in [3.63, 3.8) is 0 Å². The Morgan fingerprint density at radius 3 is 2.67 bits per heavy atom. The number of primary amides is 1. The fourth-order valence-electron chi connectivity index (χ4n) is 2.39. The van der Waals surface area contributed by atoms with E-state index in [1.54, 1.807) is 55.7 Å². The molecular weight excluding hydrogens is 344 g/mol. The molecule has 2 rings (SSSR count). The SMILES string of the molecule is C=CCOc1ccc(/C=C/C(=O)Nc2ccccc2CC(N)=O)cc1OC. The molecular formula is C21H22N2O4. The van der Waals surface area contributed by atoms with Gasteiger partial charge in [0.05, 0.1) is 13.5 Å². The number of carbonyl (C=O) groups is 2. The highest BCUT2D eigenvalue weighted by molar-refractivity contribution is 6.02. The van der Waals surface area contributed by atoms with Gasteiger partial charge in [0.25, 0.3) is 0 Å². The largest absolute Gasteiger partial charge is 0.493 e. The van der Waals surface area contributed by atoms with Crippen molar-refractivity contribution >= 4 is 23.6 Å². The Balaban J connectivity index is 2.09. The molecule has 6 heteroatoms. The van der Waals surface area contributed by atoms with Gasteiger partial charge in [0, 0.05) is 11.8 Å². The maximum Gasteiger partial charge on any atom is 0.248 e. The van der Waals surface area contributed by atoms with Gasteiger partial charge < -0.3 is 20.5 Å². The van der Waals surface area contributed by atoms with E-state index in [0.717, 1.165) is 5.56 Å². The van der Waals surface area contributed by atoms with Gasteiger partial charge in [0.2, 0.25) is 11.8 Å². The number of rotatable bonds is 9. The average molecular weight is 366 g/mol. The zero-order valence-electron chi connectivity index (χ0n) is 15.1. The first-order chi connectivity index (χ1) is 13.0. The summed E-state index contributed by atoms with van der Waals surface area (Å²) in [5.41, 5.74) is 7.23. The minimum Gasteiger partial charge on any atom is -0.493 e. The summed E-state index contributed by atoms with van der Waals surface area (Å²) >= 11 is 0. The molecule has 0 saturated carbocycles. The van der Waals surface area contributed by atoms with Crippen LogP contribution in [0.4, 0.5) is 5.69 Å². The van der Waals surface area contributed by atoms with E-state index >= 15 is 0 Å². The zero-order valence-corrected chi connectivity index (χ0v) is 15.1. The first-order valence-electron chi connectivity index (χ1n) is 8.30. The summed E-state index contributed by atoms with van der Waals surface area (Å²) in [5, 5.41) is 2.75. The molecule has 0 aromatic heterocycles. The maximum absolute atomic E-state index is 12.2. The van der Waals surface area contributed by atoms with Crippen molar-refractivity contribution in [2.75, 3.05) is 19.0 Å². The number of benzene rings is 2. The van der Waals surface area contributed by atoms with Crippen LogP contribution in [0.25, 0.3) is 6.08 Å². The van der Waals surface area contributed by atoms with Gasteiger partial charge >= 0.3 is 0 Å². The zero-order chi connectivity index (χ0) is 19.6. The first kappa shape index (κ1) is 19.8. The first-order valence-corrected chi connectivity index (χ1v) is 8.30. The molecule has 0 spiro atoms. The van der Waals surface area contributed by atoms with Crippen molar-refractivity contribution in [2.24, 2.45) is 5.73 Å². The summed E-state index contributed by atoms with van der Waals surface area (Å²) in [6.45, 7) is 3.98. The maximum atomic E-state index is 12.2. The van der Waals surface area contributed by atoms with Crippen LogP contribution >= 0.6 is 0 Å². The van der Waals surface area contributed by atoms with E-state index in [1.807, 2.05) is 6.07 Å². The number of nitrogens with two attached hydrogens (primary N) is 1. The molecule has 0 unspecified atom stereocenters. The van der Waals surface area contributed by atoms with Crippen LogP contribution in [0.3, 0.4) is 0 Å². The van der Waals surface area contributed by atoms with Gasteiger partial charge in [-0.15, -0.1) is 0 Å². The molecule has 0 aliphatic carbocycles. The van der Waals surface area contributed by atoms with Crippen molar-refractivity contribution in [3.05, 3.63) is 72.3 Å². The number of methoxy groups -OCH3 is 1. The molecule has 0 aliphatic rings. The highest BCUT2D eigenvalue weighted by atomic mass is 16.5. The molecule has 0 bridgehead atoms. The van der Waals surface area contributed by atoms with Crippen LogP contribution in [0.5, 0.6) is 11.5 Å². The Morgan fingerprint density at radius 2 is 1.96 bits per heavy atom. The number of carbonyl (C=O) groups excluding carboxylic acids is 2. The predicted molar refractivity (Wildman–Crippen MR) is 106 cm³/mol. The standard InChI is InChI=1S/C21H22N2O4/c1-3-12-27-18-10-8-15(13-19(18)26-2)9-11-21(25)23-17-7-5-4-6-16(17)14-20(22)24/h3-11,13H,1,12,14H2,2H3,(H2,22,24)(H,23,25)/b11-9+. The molecule has 6 nitrogen and oxygen atoms in total. The fourth-order valence-corrected chi connectivity index (χ4v) is 2.39. The minimum atomic E-state index is -0.460. The quantitative estimate of drug-likeness (QED) is 0.527. The van der Waals surface area contributed by atoms with Gasteiger partial charge in [-0.05, 0) is 35.4 Å². The van der Waals surface area contributed by atoms with Crippen LogP contribution < -0.4 is 20.5 Å². The third kappa shape index (κ3) is 6.04. The lowest BCUT2D eigenvalue weighted by molar-refractivity contribution is -0.117. The Bertz CT molecular complexity index is 859. The number of anilines is 1. The number of ether oxygens (including phenoxy) is 2. The Labute approximate surface area is 158 Å². The summed E-state index contributed by atoms with van der Waals surface area (Å²) in [5.74, 6) is 0.376. The molecule has 0 atom stereocenters. The van der Waals surface area contributed by atoms with Crippen molar-refractivity contribution < 1.29 is 19.1 Å². The van der Waals surface area contributed by atoms with Gasteiger partial charge in [-0.2, -0.15) is 0 Å². The van der Waals surface area contributed by atoms with E-state index in [0.29, 0.717) is 29.4 Å². The highest BCUT2D eigenvalue weighted by Gasteiger charge is 2.07. The molecule has 0 aliphatic heterocycles. The highest BCUT2D eigenvalue weighted by Crippen LogP contribution is 2.28. The monoisotopic (exact) mass is 366 g/mol. The smallest absolute Gasteiger partial charge is 0.248 e. The van der Waals surface area contributed by atoms with Crippen LogP contribution in [0.2, 0.25) is 0 Å². The van der Waals surface area contributed by atoms with Crippen molar-refractivity contribution in [1.82, 2.24) is 0 Å². The van der Waals surface area contributed by atoms with E-state index in [1.165, 1.54) is 6.08 Å². The second kappa shape index (κ2) is 9.82. The van der Waals surface area contributed by atoms with Crippen molar-refractivity contribution in [2.45, 2.75) is 6.42 Å². The molecule has 140 valence electrons.